The van der Waals surface area contributed by atoms with Gasteiger partial charge in [-0.1, -0.05) is 13.3 Å². The summed E-state index contributed by atoms with van der Waals surface area (Å²) in [5.41, 5.74) is -0.749. The fourth-order valence-corrected chi connectivity index (χ4v) is 3.26. The molecule has 0 radical (unpaired) electrons. The van der Waals surface area contributed by atoms with E-state index in [1.165, 1.54) is 0 Å². The van der Waals surface area contributed by atoms with E-state index in [-0.39, 0.29) is 12.0 Å². The van der Waals surface area contributed by atoms with Gasteiger partial charge in [-0.3, -0.25) is 9.59 Å². The molecular formula is C14H23NO4. The lowest BCUT2D eigenvalue weighted by atomic mass is 9.76. The average Bonchev–Trinajstić information content (AvgIpc) is 2.92. The normalized spacial score (nSPS) is 31.4. The van der Waals surface area contributed by atoms with E-state index >= 15 is 0 Å². The molecule has 2 saturated heterocycles. The highest BCUT2D eigenvalue weighted by Crippen LogP contribution is 2.35. The molecule has 2 rings (SSSR count). The number of rotatable bonds is 4. The quantitative estimate of drug-likeness (QED) is 0.843. The first kappa shape index (κ1) is 14.3. The van der Waals surface area contributed by atoms with E-state index < -0.39 is 11.4 Å². The van der Waals surface area contributed by atoms with Crippen LogP contribution in [0.25, 0.3) is 0 Å². The highest BCUT2D eigenvalue weighted by Gasteiger charge is 2.44. The molecule has 19 heavy (non-hydrogen) atoms. The molecule has 5 heteroatoms. The Morgan fingerprint density at radius 2 is 2.21 bits per heavy atom. The summed E-state index contributed by atoms with van der Waals surface area (Å²) in [6.45, 7) is 3.64. The largest absolute Gasteiger partial charge is 0.481 e. The van der Waals surface area contributed by atoms with Gasteiger partial charge in [0.1, 0.15) is 6.10 Å². The summed E-state index contributed by atoms with van der Waals surface area (Å²) in [5, 5.41) is 9.52. The number of amides is 1. The van der Waals surface area contributed by atoms with Gasteiger partial charge in [0.25, 0.3) is 5.91 Å². The summed E-state index contributed by atoms with van der Waals surface area (Å²) < 4.78 is 5.42. The van der Waals surface area contributed by atoms with Gasteiger partial charge < -0.3 is 14.7 Å². The second-order valence-electron chi connectivity index (χ2n) is 5.70. The Hall–Kier alpha value is -1.10. The average molecular weight is 269 g/mol. The zero-order chi connectivity index (χ0) is 13.9. The van der Waals surface area contributed by atoms with Crippen LogP contribution >= 0.6 is 0 Å². The van der Waals surface area contributed by atoms with Crippen LogP contribution in [0.4, 0.5) is 0 Å². The van der Waals surface area contributed by atoms with Gasteiger partial charge in [-0.2, -0.15) is 0 Å². The number of carbonyl (C=O) groups is 2. The first-order valence-corrected chi connectivity index (χ1v) is 7.23. The topological polar surface area (TPSA) is 66.8 Å². The molecule has 108 valence electrons. The van der Waals surface area contributed by atoms with Crippen LogP contribution in [-0.4, -0.2) is 47.7 Å². The van der Waals surface area contributed by atoms with Gasteiger partial charge in [-0.05, 0) is 32.1 Å². The third kappa shape index (κ3) is 2.91. The Labute approximate surface area is 113 Å². The Balaban J connectivity index is 2.06. The molecule has 0 aromatic carbocycles. The van der Waals surface area contributed by atoms with Crippen LogP contribution in [0.3, 0.4) is 0 Å². The Kier molecular flexibility index (Phi) is 4.45. The summed E-state index contributed by atoms with van der Waals surface area (Å²) in [7, 11) is 0. The fourth-order valence-electron chi connectivity index (χ4n) is 3.26. The van der Waals surface area contributed by atoms with E-state index in [0.29, 0.717) is 32.5 Å². The molecule has 0 aliphatic carbocycles. The summed E-state index contributed by atoms with van der Waals surface area (Å²) in [6.07, 6.45) is 4.25. The lowest BCUT2D eigenvalue weighted by molar-refractivity contribution is -0.158. The molecule has 2 aliphatic heterocycles. The van der Waals surface area contributed by atoms with Crippen molar-refractivity contribution < 1.29 is 19.4 Å². The molecular weight excluding hydrogens is 246 g/mol. The van der Waals surface area contributed by atoms with Crippen molar-refractivity contribution in [3.8, 4) is 0 Å². The van der Waals surface area contributed by atoms with Crippen molar-refractivity contribution in [3.05, 3.63) is 0 Å². The van der Waals surface area contributed by atoms with Crippen molar-refractivity contribution in [2.75, 3.05) is 19.7 Å². The van der Waals surface area contributed by atoms with Crippen LogP contribution in [0.2, 0.25) is 0 Å². The number of aliphatic carboxylic acids is 1. The first-order chi connectivity index (χ1) is 9.09. The van der Waals surface area contributed by atoms with Crippen LogP contribution in [-0.2, 0) is 14.3 Å². The molecule has 5 nitrogen and oxygen atoms in total. The van der Waals surface area contributed by atoms with Gasteiger partial charge in [0.05, 0.1) is 5.41 Å². The van der Waals surface area contributed by atoms with E-state index in [9.17, 15) is 14.7 Å². The maximum atomic E-state index is 12.3. The molecule has 0 spiro atoms. The summed E-state index contributed by atoms with van der Waals surface area (Å²) in [5.74, 6) is -0.780. The van der Waals surface area contributed by atoms with Gasteiger partial charge in [0, 0.05) is 19.7 Å². The third-order valence-corrected chi connectivity index (χ3v) is 4.28. The number of nitrogens with zero attached hydrogens (tertiary/aromatic N) is 1. The SMILES string of the molecule is CCCC1(C(=O)O)CCCN(C(=O)[C@H]2CCCO2)C1. The number of piperidine rings is 1. The minimum absolute atomic E-state index is 0.0149. The predicted octanol–water partition coefficient (Wildman–Crippen LogP) is 1.66. The van der Waals surface area contributed by atoms with Crippen molar-refractivity contribution in [2.45, 2.75) is 51.6 Å². The lowest BCUT2D eigenvalue weighted by Crippen LogP contribution is -2.52. The van der Waals surface area contributed by atoms with Crippen molar-refractivity contribution in [3.63, 3.8) is 0 Å². The molecule has 2 aliphatic rings. The molecule has 2 atom stereocenters. The van der Waals surface area contributed by atoms with E-state index in [0.717, 1.165) is 25.7 Å². The second-order valence-corrected chi connectivity index (χ2v) is 5.70. The molecule has 0 bridgehead atoms. The number of hydrogen-bond donors (Lipinski definition) is 1. The number of hydrogen-bond acceptors (Lipinski definition) is 3. The number of carboxylic acid groups (broad SMARTS) is 1. The Bertz CT molecular complexity index is 347. The molecule has 2 heterocycles. The van der Waals surface area contributed by atoms with E-state index in [1.54, 1.807) is 4.90 Å². The van der Waals surface area contributed by atoms with Gasteiger partial charge in [0.2, 0.25) is 0 Å². The molecule has 1 amide bonds. The zero-order valence-corrected chi connectivity index (χ0v) is 11.6. The second kappa shape index (κ2) is 5.90. The molecule has 0 saturated carbocycles. The smallest absolute Gasteiger partial charge is 0.311 e. The molecule has 0 aromatic rings. The number of ether oxygens (including phenoxy) is 1. The van der Waals surface area contributed by atoms with Gasteiger partial charge in [0.15, 0.2) is 0 Å². The first-order valence-electron chi connectivity index (χ1n) is 7.23. The number of carbonyl (C=O) groups excluding carboxylic acids is 1. The zero-order valence-electron chi connectivity index (χ0n) is 11.6. The van der Waals surface area contributed by atoms with Gasteiger partial charge >= 0.3 is 5.97 Å². The highest BCUT2D eigenvalue weighted by atomic mass is 16.5. The monoisotopic (exact) mass is 269 g/mol. The molecule has 0 aromatic heterocycles. The van der Waals surface area contributed by atoms with E-state index in [1.807, 2.05) is 6.92 Å². The standard InChI is InChI=1S/C14H23NO4/c1-2-6-14(13(17)18)7-4-8-15(10-14)12(16)11-5-3-9-19-11/h11H,2-10H2,1H3,(H,17,18)/t11-,14?/m1/s1. The number of likely N-dealkylation sites (tertiary alicyclic amines) is 1. The number of carboxylic acids is 1. The maximum absolute atomic E-state index is 12.3. The molecule has 1 N–H and O–H groups in total. The van der Waals surface area contributed by atoms with E-state index in [4.69, 9.17) is 4.74 Å². The van der Waals surface area contributed by atoms with Crippen LogP contribution in [0.1, 0.15) is 45.4 Å². The molecule has 2 fully saturated rings. The van der Waals surface area contributed by atoms with E-state index in [2.05, 4.69) is 0 Å². The summed E-state index contributed by atoms with van der Waals surface area (Å²) in [4.78, 5) is 25.6. The summed E-state index contributed by atoms with van der Waals surface area (Å²) >= 11 is 0. The van der Waals surface area contributed by atoms with Crippen LogP contribution < -0.4 is 0 Å². The van der Waals surface area contributed by atoms with Crippen LogP contribution in [0.5, 0.6) is 0 Å². The predicted molar refractivity (Wildman–Crippen MR) is 69.8 cm³/mol. The maximum Gasteiger partial charge on any atom is 0.311 e. The third-order valence-electron chi connectivity index (χ3n) is 4.28. The van der Waals surface area contributed by atoms with Gasteiger partial charge in [-0.25, -0.2) is 0 Å². The lowest BCUT2D eigenvalue weighted by Gasteiger charge is -2.40. The highest BCUT2D eigenvalue weighted by molar-refractivity contribution is 5.83. The van der Waals surface area contributed by atoms with Crippen molar-refractivity contribution in [1.82, 2.24) is 4.90 Å². The fraction of sp³-hybridized carbons (Fsp3) is 0.857. The summed E-state index contributed by atoms with van der Waals surface area (Å²) in [6, 6.07) is 0. The minimum Gasteiger partial charge on any atom is -0.481 e. The van der Waals surface area contributed by atoms with Crippen LogP contribution in [0.15, 0.2) is 0 Å². The van der Waals surface area contributed by atoms with Crippen molar-refractivity contribution in [2.24, 2.45) is 5.41 Å². The minimum atomic E-state index is -0.765. The molecule has 1 unspecified atom stereocenters. The van der Waals surface area contributed by atoms with Crippen molar-refractivity contribution in [1.29, 1.82) is 0 Å². The van der Waals surface area contributed by atoms with Crippen LogP contribution in [0, 0.1) is 5.41 Å². The Morgan fingerprint density at radius 1 is 1.42 bits per heavy atom. The van der Waals surface area contributed by atoms with Gasteiger partial charge in [-0.15, -0.1) is 0 Å². The Morgan fingerprint density at radius 3 is 2.79 bits per heavy atom. The van der Waals surface area contributed by atoms with Crippen molar-refractivity contribution >= 4 is 11.9 Å².